The molecule has 0 spiro atoms. The molecule has 14 heavy (non-hydrogen) atoms. The Labute approximate surface area is 83.1 Å². The molecule has 6 heteroatoms. The van der Waals surface area contributed by atoms with Gasteiger partial charge in [0.2, 0.25) is 0 Å². The van der Waals surface area contributed by atoms with Gasteiger partial charge in [-0.1, -0.05) is 6.92 Å². The van der Waals surface area contributed by atoms with Crippen molar-refractivity contribution in [2.75, 3.05) is 26.2 Å². The number of nitrogens with two attached hydrogens (primary N) is 1. The summed E-state index contributed by atoms with van der Waals surface area (Å²) in [6, 6.07) is -0.469. The van der Waals surface area contributed by atoms with Gasteiger partial charge in [-0.25, -0.2) is 4.79 Å². The van der Waals surface area contributed by atoms with Gasteiger partial charge in [0.15, 0.2) is 0 Å². The van der Waals surface area contributed by atoms with Crippen LogP contribution in [0.4, 0.5) is 4.79 Å². The predicted octanol–water partition coefficient (Wildman–Crippen LogP) is -0.549. The van der Waals surface area contributed by atoms with Gasteiger partial charge in [0, 0.05) is 19.6 Å². The molecule has 0 radical (unpaired) electrons. The van der Waals surface area contributed by atoms with Crippen molar-refractivity contribution in [1.82, 2.24) is 10.2 Å². The predicted molar refractivity (Wildman–Crippen MR) is 52.0 cm³/mol. The highest BCUT2D eigenvalue weighted by Gasteiger charge is 2.07. The Morgan fingerprint density at radius 3 is 2.50 bits per heavy atom. The zero-order valence-corrected chi connectivity index (χ0v) is 8.32. The molecule has 0 aromatic rings. The third-order valence-electron chi connectivity index (χ3n) is 1.64. The van der Waals surface area contributed by atoms with Crippen molar-refractivity contribution in [1.29, 1.82) is 0 Å². The second-order valence-corrected chi connectivity index (χ2v) is 2.90. The van der Waals surface area contributed by atoms with Crippen LogP contribution < -0.4 is 11.1 Å². The Kier molecular flexibility index (Phi) is 6.47. The summed E-state index contributed by atoms with van der Waals surface area (Å²) in [5.74, 6) is -0.911. The van der Waals surface area contributed by atoms with Crippen molar-refractivity contribution in [2.45, 2.75) is 13.3 Å². The molecule has 2 amide bonds. The molecule has 0 aliphatic heterocycles. The summed E-state index contributed by atoms with van der Waals surface area (Å²) < 4.78 is 0. The standard InChI is InChI=1S/C8H17N3O3/c1-2-4-11(8(9)14)5-3-10-6-7(12)13/h10H,2-6H2,1H3,(H2,9,14)(H,12,13). The smallest absolute Gasteiger partial charge is 0.317 e. The van der Waals surface area contributed by atoms with Crippen LogP contribution in [0.5, 0.6) is 0 Å². The molecule has 0 aliphatic rings. The van der Waals surface area contributed by atoms with Gasteiger partial charge >= 0.3 is 12.0 Å². The van der Waals surface area contributed by atoms with E-state index in [0.29, 0.717) is 19.6 Å². The van der Waals surface area contributed by atoms with Gasteiger partial charge in [0.1, 0.15) is 0 Å². The summed E-state index contributed by atoms with van der Waals surface area (Å²) in [6.45, 7) is 3.33. The van der Waals surface area contributed by atoms with Crippen LogP contribution in [0.15, 0.2) is 0 Å². The van der Waals surface area contributed by atoms with Gasteiger partial charge in [-0.2, -0.15) is 0 Å². The number of carbonyl (C=O) groups excluding carboxylic acids is 1. The summed E-state index contributed by atoms with van der Waals surface area (Å²) >= 11 is 0. The number of hydrogen-bond acceptors (Lipinski definition) is 3. The minimum Gasteiger partial charge on any atom is -0.480 e. The van der Waals surface area contributed by atoms with Crippen LogP contribution in [-0.4, -0.2) is 48.2 Å². The molecular weight excluding hydrogens is 186 g/mol. The first kappa shape index (κ1) is 12.7. The number of nitrogens with zero attached hydrogens (tertiary/aromatic N) is 1. The van der Waals surface area contributed by atoms with Crippen LogP contribution in [0.1, 0.15) is 13.3 Å². The molecule has 0 atom stereocenters. The molecular formula is C8H17N3O3. The molecule has 0 aliphatic carbocycles. The molecule has 0 fully saturated rings. The zero-order valence-electron chi connectivity index (χ0n) is 8.32. The number of rotatable bonds is 7. The highest BCUT2D eigenvalue weighted by Crippen LogP contribution is 1.89. The number of hydrogen-bond donors (Lipinski definition) is 3. The van der Waals surface area contributed by atoms with Crippen LogP contribution in [0.3, 0.4) is 0 Å². The van der Waals surface area contributed by atoms with Crippen molar-refractivity contribution < 1.29 is 14.7 Å². The molecule has 6 nitrogen and oxygen atoms in total. The molecule has 0 aromatic carbocycles. The topological polar surface area (TPSA) is 95.7 Å². The van der Waals surface area contributed by atoms with Gasteiger partial charge in [-0.05, 0) is 6.42 Å². The number of carboxylic acids is 1. The summed E-state index contributed by atoms with van der Waals surface area (Å²) in [5.41, 5.74) is 5.11. The fourth-order valence-electron chi connectivity index (χ4n) is 1.01. The van der Waals surface area contributed by atoms with E-state index < -0.39 is 12.0 Å². The number of carbonyl (C=O) groups is 2. The van der Waals surface area contributed by atoms with Gasteiger partial charge in [-0.15, -0.1) is 0 Å². The van der Waals surface area contributed by atoms with Crippen molar-refractivity contribution in [2.24, 2.45) is 5.73 Å². The SMILES string of the molecule is CCCN(CCNCC(=O)O)C(N)=O. The van der Waals surface area contributed by atoms with E-state index in [2.05, 4.69) is 5.32 Å². The highest BCUT2D eigenvalue weighted by molar-refractivity contribution is 5.72. The maximum atomic E-state index is 10.8. The lowest BCUT2D eigenvalue weighted by atomic mass is 10.4. The normalized spacial score (nSPS) is 9.79. The fraction of sp³-hybridized carbons (Fsp3) is 0.750. The summed E-state index contributed by atoms with van der Waals surface area (Å²) in [6.07, 6.45) is 0.835. The average molecular weight is 203 g/mol. The highest BCUT2D eigenvalue weighted by atomic mass is 16.4. The van der Waals surface area contributed by atoms with Crippen molar-refractivity contribution >= 4 is 12.0 Å². The lowest BCUT2D eigenvalue weighted by Gasteiger charge is -2.19. The van der Waals surface area contributed by atoms with Crippen molar-refractivity contribution in [3.8, 4) is 0 Å². The van der Waals surface area contributed by atoms with E-state index in [1.165, 1.54) is 4.90 Å². The maximum absolute atomic E-state index is 10.8. The largest absolute Gasteiger partial charge is 0.480 e. The van der Waals surface area contributed by atoms with Gasteiger partial charge in [0.05, 0.1) is 6.54 Å². The van der Waals surface area contributed by atoms with Crippen molar-refractivity contribution in [3.63, 3.8) is 0 Å². The lowest BCUT2D eigenvalue weighted by molar-refractivity contribution is -0.135. The van der Waals surface area contributed by atoms with E-state index in [1.807, 2.05) is 6.92 Å². The number of primary amides is 1. The minimum atomic E-state index is -0.911. The van der Waals surface area contributed by atoms with E-state index in [4.69, 9.17) is 10.8 Å². The second-order valence-electron chi connectivity index (χ2n) is 2.90. The first-order valence-electron chi connectivity index (χ1n) is 4.54. The molecule has 0 saturated carbocycles. The molecule has 4 N–H and O–H groups in total. The number of aliphatic carboxylic acids is 1. The molecule has 82 valence electrons. The summed E-state index contributed by atoms with van der Waals surface area (Å²) in [5, 5.41) is 11.0. The third-order valence-corrected chi connectivity index (χ3v) is 1.64. The van der Waals surface area contributed by atoms with Crippen LogP contribution in [0.25, 0.3) is 0 Å². The molecule has 0 heterocycles. The van der Waals surface area contributed by atoms with Crippen molar-refractivity contribution in [3.05, 3.63) is 0 Å². The van der Waals surface area contributed by atoms with Gasteiger partial charge < -0.3 is 21.1 Å². The Morgan fingerprint density at radius 2 is 2.07 bits per heavy atom. The fourth-order valence-corrected chi connectivity index (χ4v) is 1.01. The maximum Gasteiger partial charge on any atom is 0.317 e. The average Bonchev–Trinajstić information content (AvgIpc) is 2.09. The molecule has 0 saturated heterocycles. The number of amides is 2. The zero-order chi connectivity index (χ0) is 11.0. The van der Waals surface area contributed by atoms with Gasteiger partial charge in [-0.3, -0.25) is 4.79 Å². The van der Waals surface area contributed by atoms with Crippen LogP contribution in [-0.2, 0) is 4.79 Å². The summed E-state index contributed by atoms with van der Waals surface area (Å²) in [4.78, 5) is 22.4. The Balaban J connectivity index is 3.61. The van der Waals surface area contributed by atoms with E-state index in [1.54, 1.807) is 0 Å². The Hall–Kier alpha value is -1.30. The Bertz CT molecular complexity index is 196. The molecule has 0 bridgehead atoms. The van der Waals surface area contributed by atoms with E-state index in [-0.39, 0.29) is 6.54 Å². The summed E-state index contributed by atoms with van der Waals surface area (Å²) in [7, 11) is 0. The van der Waals surface area contributed by atoms with Crippen LogP contribution in [0.2, 0.25) is 0 Å². The second kappa shape index (κ2) is 7.14. The molecule has 0 unspecified atom stereocenters. The first-order chi connectivity index (χ1) is 6.57. The molecule has 0 rings (SSSR count). The quantitative estimate of drug-likeness (QED) is 0.484. The Morgan fingerprint density at radius 1 is 1.43 bits per heavy atom. The van der Waals surface area contributed by atoms with Gasteiger partial charge in [0.25, 0.3) is 0 Å². The first-order valence-corrected chi connectivity index (χ1v) is 4.54. The third kappa shape index (κ3) is 6.24. The number of nitrogens with one attached hydrogen (secondary N) is 1. The number of urea groups is 1. The van der Waals surface area contributed by atoms with Crippen LogP contribution >= 0.6 is 0 Å². The van der Waals surface area contributed by atoms with Crippen LogP contribution in [0, 0.1) is 0 Å². The monoisotopic (exact) mass is 203 g/mol. The molecule has 0 aromatic heterocycles. The van der Waals surface area contributed by atoms with E-state index in [9.17, 15) is 9.59 Å². The number of carboxylic acid groups (broad SMARTS) is 1. The minimum absolute atomic E-state index is 0.0985. The lowest BCUT2D eigenvalue weighted by Crippen LogP contribution is -2.41. The van der Waals surface area contributed by atoms with E-state index in [0.717, 1.165) is 6.42 Å². The van der Waals surface area contributed by atoms with E-state index >= 15 is 0 Å².